The summed E-state index contributed by atoms with van der Waals surface area (Å²) in [6.45, 7) is 0. The lowest BCUT2D eigenvalue weighted by atomic mass is 9.99. The van der Waals surface area contributed by atoms with Gasteiger partial charge in [-0.05, 0) is 79.6 Å². The molecule has 4 heterocycles. The Kier molecular flexibility index (Phi) is 7.01. The third kappa shape index (κ3) is 4.90. The summed E-state index contributed by atoms with van der Waals surface area (Å²) in [5.41, 5.74) is 13.3. The molecule has 0 saturated carbocycles. The van der Waals surface area contributed by atoms with Crippen molar-refractivity contribution >= 4 is 72.4 Å². The number of aromatic nitrogens is 2. The standard InChI is InChI=1S/C51H35N5O/c1-3-14-32(15-4-1)49-52-50(54-51(53-49)39-21-13-25-45-46(39)38-20-9-12-24-44(38)57-45)33-26-28-35(29-27-33)56-41-23-11-8-19-37(41)48-43(56)31-30-42-47(48)36-18-7-10-22-40(36)55(42)34-16-5-2-6-17-34/h1-9,11-21,23-31,51H,10,22H2,(H,52,53,54). The van der Waals surface area contributed by atoms with Gasteiger partial charge in [-0.3, -0.25) is 0 Å². The molecule has 7 aromatic carbocycles. The van der Waals surface area contributed by atoms with E-state index in [-0.39, 0.29) is 6.17 Å². The minimum Gasteiger partial charge on any atom is -0.456 e. The molecule has 0 radical (unpaired) electrons. The quantitative estimate of drug-likeness (QED) is 0.191. The summed E-state index contributed by atoms with van der Waals surface area (Å²) in [6, 6.07) is 57.6. The van der Waals surface area contributed by atoms with E-state index in [1.165, 1.54) is 49.7 Å². The number of hydrogen-bond acceptors (Lipinski definition) is 4. The Bertz CT molecular complexity index is 3310. The molecule has 10 aromatic rings. The third-order valence-electron chi connectivity index (χ3n) is 11.7. The molecule has 1 N–H and O–H groups in total. The Morgan fingerprint density at radius 3 is 2.09 bits per heavy atom. The number of nitrogens with zero attached hydrogens (tertiary/aromatic N) is 4. The molecular weight excluding hydrogens is 699 g/mol. The largest absolute Gasteiger partial charge is 0.456 e. The summed E-state index contributed by atoms with van der Waals surface area (Å²) in [7, 11) is 0. The van der Waals surface area contributed by atoms with Crippen LogP contribution >= 0.6 is 0 Å². The second-order valence-electron chi connectivity index (χ2n) is 14.9. The fraction of sp³-hybridized carbons (Fsp3) is 0.0588. The van der Waals surface area contributed by atoms with Crippen molar-refractivity contribution in [2.45, 2.75) is 19.0 Å². The fourth-order valence-electron chi connectivity index (χ4n) is 9.19. The highest BCUT2D eigenvalue weighted by Crippen LogP contribution is 2.43. The number of hydrogen-bond donors (Lipinski definition) is 1. The monoisotopic (exact) mass is 733 g/mol. The van der Waals surface area contributed by atoms with E-state index in [0.29, 0.717) is 5.84 Å². The molecule has 3 aromatic heterocycles. The number of amidine groups is 2. The maximum atomic E-state index is 6.28. The van der Waals surface area contributed by atoms with Crippen LogP contribution in [-0.4, -0.2) is 20.8 Å². The van der Waals surface area contributed by atoms with Gasteiger partial charge in [-0.15, -0.1) is 0 Å². The summed E-state index contributed by atoms with van der Waals surface area (Å²) in [5, 5.41) is 9.65. The Morgan fingerprint density at radius 2 is 1.25 bits per heavy atom. The van der Waals surface area contributed by atoms with Gasteiger partial charge in [0.2, 0.25) is 0 Å². The van der Waals surface area contributed by atoms with Crippen molar-refractivity contribution in [2.24, 2.45) is 9.98 Å². The van der Waals surface area contributed by atoms with Crippen LogP contribution in [0, 0.1) is 0 Å². The highest BCUT2D eigenvalue weighted by Gasteiger charge is 2.26. The normalized spacial score (nSPS) is 15.3. The number of para-hydroxylation sites is 3. The second-order valence-corrected chi connectivity index (χ2v) is 14.9. The van der Waals surface area contributed by atoms with Gasteiger partial charge >= 0.3 is 0 Å². The Morgan fingerprint density at radius 1 is 0.544 bits per heavy atom. The molecule has 1 aliphatic heterocycles. The molecule has 6 nitrogen and oxygen atoms in total. The van der Waals surface area contributed by atoms with Gasteiger partial charge in [-0.2, -0.15) is 0 Å². The van der Waals surface area contributed by atoms with E-state index < -0.39 is 0 Å². The van der Waals surface area contributed by atoms with Crippen LogP contribution in [0.15, 0.2) is 184 Å². The highest BCUT2D eigenvalue weighted by atomic mass is 16.3. The lowest BCUT2D eigenvalue weighted by molar-refractivity contribution is 0.662. The summed E-state index contributed by atoms with van der Waals surface area (Å²) in [6.07, 6.45) is 6.35. The molecule has 0 bridgehead atoms. The van der Waals surface area contributed by atoms with Crippen LogP contribution in [0.1, 0.15) is 40.5 Å². The molecule has 270 valence electrons. The maximum Gasteiger partial charge on any atom is 0.159 e. The van der Waals surface area contributed by atoms with Crippen LogP contribution in [0.3, 0.4) is 0 Å². The molecule has 0 saturated heterocycles. The molecule has 0 fully saturated rings. The smallest absolute Gasteiger partial charge is 0.159 e. The van der Waals surface area contributed by atoms with Gasteiger partial charge in [0.1, 0.15) is 23.2 Å². The van der Waals surface area contributed by atoms with Crippen molar-refractivity contribution in [2.75, 3.05) is 0 Å². The van der Waals surface area contributed by atoms with Gasteiger partial charge in [0.05, 0.1) is 16.6 Å². The maximum absolute atomic E-state index is 6.28. The molecule has 0 spiro atoms. The van der Waals surface area contributed by atoms with E-state index >= 15 is 0 Å². The van der Waals surface area contributed by atoms with E-state index in [1.807, 2.05) is 42.5 Å². The van der Waals surface area contributed by atoms with Crippen molar-refractivity contribution in [1.29, 1.82) is 0 Å². The topological polar surface area (TPSA) is 59.8 Å². The van der Waals surface area contributed by atoms with Crippen LogP contribution in [0.5, 0.6) is 0 Å². The average Bonchev–Trinajstić information content (AvgIpc) is 3.95. The first kappa shape index (κ1) is 31.9. The van der Waals surface area contributed by atoms with E-state index in [1.54, 1.807) is 0 Å². The van der Waals surface area contributed by atoms with E-state index in [9.17, 15) is 0 Å². The van der Waals surface area contributed by atoms with Gasteiger partial charge in [0.25, 0.3) is 0 Å². The third-order valence-corrected chi connectivity index (χ3v) is 11.7. The number of nitrogens with one attached hydrogen (secondary N) is 1. The number of rotatable bonds is 5. The zero-order chi connectivity index (χ0) is 37.5. The molecular formula is C51H35N5O. The Hall–Kier alpha value is -7.44. The van der Waals surface area contributed by atoms with Crippen LogP contribution in [0.4, 0.5) is 0 Å². The average molecular weight is 734 g/mol. The van der Waals surface area contributed by atoms with Crippen LogP contribution in [0.2, 0.25) is 0 Å². The number of furan rings is 1. The van der Waals surface area contributed by atoms with Crippen molar-refractivity contribution in [1.82, 2.24) is 14.5 Å². The van der Waals surface area contributed by atoms with Crippen LogP contribution in [0.25, 0.3) is 72.1 Å². The van der Waals surface area contributed by atoms with Gasteiger partial charge in [0.15, 0.2) is 5.84 Å². The molecule has 57 heavy (non-hydrogen) atoms. The van der Waals surface area contributed by atoms with Crippen molar-refractivity contribution in [3.63, 3.8) is 0 Å². The molecule has 0 amide bonds. The predicted octanol–water partition coefficient (Wildman–Crippen LogP) is 12.1. The van der Waals surface area contributed by atoms with E-state index in [4.69, 9.17) is 14.4 Å². The van der Waals surface area contributed by atoms with Crippen molar-refractivity contribution in [3.8, 4) is 11.4 Å². The minimum atomic E-state index is -0.375. The SMILES string of the molecule is C1=Cc2c(n(-c3ccccc3)c3ccc4c(c5ccccc5n4-c4ccc(C5=NC(c6cccc7oc8ccccc8c67)NC(c6ccccc6)=N5)cc4)c23)CC1. The van der Waals surface area contributed by atoms with Crippen molar-refractivity contribution < 1.29 is 4.42 Å². The first-order valence-corrected chi connectivity index (χ1v) is 19.6. The minimum absolute atomic E-state index is 0.375. The van der Waals surface area contributed by atoms with Gasteiger partial charge in [-0.1, -0.05) is 109 Å². The zero-order valence-corrected chi connectivity index (χ0v) is 30.9. The Balaban J connectivity index is 1.02. The molecule has 1 unspecified atom stereocenters. The molecule has 6 heteroatoms. The van der Waals surface area contributed by atoms with Crippen LogP contribution in [-0.2, 0) is 6.42 Å². The molecule has 12 rings (SSSR count). The second kappa shape index (κ2) is 12.5. The summed E-state index contributed by atoms with van der Waals surface area (Å²) in [5.74, 6) is 1.46. The van der Waals surface area contributed by atoms with Gasteiger partial charge < -0.3 is 18.9 Å². The fourth-order valence-corrected chi connectivity index (χ4v) is 9.19. The zero-order valence-electron chi connectivity index (χ0n) is 30.9. The Labute approximate surface area is 328 Å². The van der Waals surface area contributed by atoms with E-state index in [0.717, 1.165) is 63.0 Å². The number of benzene rings is 7. The first-order valence-electron chi connectivity index (χ1n) is 19.6. The number of aliphatic imine (C=N–C) groups is 2. The van der Waals surface area contributed by atoms with Crippen LogP contribution < -0.4 is 5.32 Å². The lowest BCUT2D eigenvalue weighted by Gasteiger charge is -2.24. The molecule has 1 atom stereocenters. The predicted molar refractivity (Wildman–Crippen MR) is 234 cm³/mol. The highest BCUT2D eigenvalue weighted by molar-refractivity contribution is 6.23. The van der Waals surface area contributed by atoms with Gasteiger partial charge in [0, 0.05) is 66.3 Å². The summed E-state index contributed by atoms with van der Waals surface area (Å²) in [4.78, 5) is 10.4. The summed E-state index contributed by atoms with van der Waals surface area (Å²) < 4.78 is 11.2. The summed E-state index contributed by atoms with van der Waals surface area (Å²) >= 11 is 0. The lowest BCUT2D eigenvalue weighted by Crippen LogP contribution is -2.33. The number of allylic oxidation sites excluding steroid dienone is 1. The molecule has 2 aliphatic rings. The van der Waals surface area contributed by atoms with E-state index in [2.05, 4.69) is 148 Å². The van der Waals surface area contributed by atoms with Crippen molar-refractivity contribution in [3.05, 3.63) is 198 Å². The van der Waals surface area contributed by atoms with Gasteiger partial charge in [-0.25, -0.2) is 9.98 Å². The molecule has 1 aliphatic carbocycles. The first-order chi connectivity index (χ1) is 28.3. The number of fused-ring (bicyclic) bond motifs is 10.